The Kier molecular flexibility index (Phi) is 5.26. The lowest BCUT2D eigenvalue weighted by molar-refractivity contribution is -0.137. The largest absolute Gasteiger partial charge is 0.416 e. The highest BCUT2D eigenvalue weighted by Gasteiger charge is 2.30. The molecule has 0 heterocycles. The first-order chi connectivity index (χ1) is 10.9. The lowest BCUT2D eigenvalue weighted by Crippen LogP contribution is -2.26. The van der Waals surface area contributed by atoms with Crippen molar-refractivity contribution in [3.8, 4) is 0 Å². The van der Waals surface area contributed by atoms with Crippen molar-refractivity contribution in [3.05, 3.63) is 65.2 Å². The van der Waals surface area contributed by atoms with Crippen LogP contribution in [0.2, 0.25) is 0 Å². The van der Waals surface area contributed by atoms with Crippen LogP contribution in [0.4, 0.5) is 18.9 Å². The Labute approximate surface area is 132 Å². The van der Waals surface area contributed by atoms with E-state index >= 15 is 0 Å². The molecule has 0 atom stereocenters. The molecular weight excluding hydrogens is 305 g/mol. The van der Waals surface area contributed by atoms with Crippen LogP contribution in [0.15, 0.2) is 48.5 Å². The van der Waals surface area contributed by atoms with Gasteiger partial charge in [-0.1, -0.05) is 30.3 Å². The molecule has 2 rings (SSSR count). The van der Waals surface area contributed by atoms with E-state index in [2.05, 4.69) is 10.6 Å². The van der Waals surface area contributed by atoms with Gasteiger partial charge >= 0.3 is 6.18 Å². The quantitative estimate of drug-likeness (QED) is 0.881. The van der Waals surface area contributed by atoms with Gasteiger partial charge in [0.25, 0.3) is 5.91 Å². The molecule has 23 heavy (non-hydrogen) atoms. The van der Waals surface area contributed by atoms with E-state index < -0.39 is 11.7 Å². The Hall–Kier alpha value is -2.50. The summed E-state index contributed by atoms with van der Waals surface area (Å²) < 4.78 is 37.9. The maximum atomic E-state index is 12.6. The SMILES string of the molecule is CNc1ccccc1C(=O)NCCc1cccc(C(F)(F)F)c1. The molecular formula is C17H17F3N2O. The Bertz CT molecular complexity index is 684. The second-order valence-corrected chi connectivity index (χ2v) is 5.00. The van der Waals surface area contributed by atoms with Crippen LogP contribution in [0.5, 0.6) is 0 Å². The Balaban J connectivity index is 1.96. The van der Waals surface area contributed by atoms with Crippen LogP contribution < -0.4 is 10.6 Å². The summed E-state index contributed by atoms with van der Waals surface area (Å²) in [6, 6.07) is 12.2. The molecule has 0 radical (unpaired) electrons. The van der Waals surface area contributed by atoms with Crippen LogP contribution in [0.25, 0.3) is 0 Å². The summed E-state index contributed by atoms with van der Waals surface area (Å²) >= 11 is 0. The van der Waals surface area contributed by atoms with E-state index in [9.17, 15) is 18.0 Å². The van der Waals surface area contributed by atoms with Crippen molar-refractivity contribution >= 4 is 11.6 Å². The number of hydrogen-bond donors (Lipinski definition) is 2. The Morgan fingerprint density at radius 3 is 2.52 bits per heavy atom. The second kappa shape index (κ2) is 7.17. The molecule has 0 saturated carbocycles. The summed E-state index contributed by atoms with van der Waals surface area (Å²) in [4.78, 5) is 12.1. The third-order valence-electron chi connectivity index (χ3n) is 3.39. The second-order valence-electron chi connectivity index (χ2n) is 5.00. The molecule has 0 aliphatic heterocycles. The molecule has 0 aromatic heterocycles. The molecule has 2 aromatic rings. The minimum atomic E-state index is -4.36. The molecule has 122 valence electrons. The number of alkyl halides is 3. The molecule has 1 amide bonds. The molecule has 0 unspecified atom stereocenters. The molecule has 0 bridgehead atoms. The van der Waals surface area contributed by atoms with Gasteiger partial charge in [-0.25, -0.2) is 0 Å². The van der Waals surface area contributed by atoms with Gasteiger partial charge in [0.1, 0.15) is 0 Å². The minimum Gasteiger partial charge on any atom is -0.387 e. The maximum Gasteiger partial charge on any atom is 0.416 e. The first kappa shape index (κ1) is 16.9. The highest BCUT2D eigenvalue weighted by molar-refractivity contribution is 5.99. The summed E-state index contributed by atoms with van der Waals surface area (Å²) in [5.41, 5.74) is 1.05. The summed E-state index contributed by atoms with van der Waals surface area (Å²) in [6.45, 7) is 0.262. The van der Waals surface area contributed by atoms with E-state index in [1.165, 1.54) is 6.07 Å². The zero-order valence-corrected chi connectivity index (χ0v) is 12.6. The number of halogens is 3. The van der Waals surface area contributed by atoms with E-state index in [-0.39, 0.29) is 12.5 Å². The highest BCUT2D eigenvalue weighted by atomic mass is 19.4. The predicted octanol–water partition coefficient (Wildman–Crippen LogP) is 3.72. The van der Waals surface area contributed by atoms with Crippen LogP contribution in [0, 0.1) is 0 Å². The third kappa shape index (κ3) is 4.48. The number of hydrogen-bond acceptors (Lipinski definition) is 2. The molecule has 0 fully saturated rings. The standard InChI is InChI=1S/C17H17F3N2O/c1-21-15-8-3-2-7-14(15)16(23)22-10-9-12-5-4-6-13(11-12)17(18,19)20/h2-8,11,21H,9-10H2,1H3,(H,22,23). The number of amides is 1. The van der Waals surface area contributed by atoms with Crippen molar-refractivity contribution in [2.24, 2.45) is 0 Å². The van der Waals surface area contributed by atoms with Crippen LogP contribution in [-0.2, 0) is 12.6 Å². The van der Waals surface area contributed by atoms with Crippen molar-refractivity contribution < 1.29 is 18.0 Å². The van der Waals surface area contributed by atoms with Gasteiger partial charge in [-0.05, 0) is 30.2 Å². The van der Waals surface area contributed by atoms with Gasteiger partial charge in [0.15, 0.2) is 0 Å². The highest BCUT2D eigenvalue weighted by Crippen LogP contribution is 2.29. The van der Waals surface area contributed by atoms with Gasteiger partial charge in [0.05, 0.1) is 11.1 Å². The van der Waals surface area contributed by atoms with Crippen molar-refractivity contribution in [1.29, 1.82) is 0 Å². The summed E-state index contributed by atoms with van der Waals surface area (Å²) in [7, 11) is 1.72. The van der Waals surface area contributed by atoms with Crippen molar-refractivity contribution in [2.45, 2.75) is 12.6 Å². The normalized spacial score (nSPS) is 11.1. The first-order valence-corrected chi connectivity index (χ1v) is 7.13. The van der Waals surface area contributed by atoms with E-state index in [0.29, 0.717) is 23.2 Å². The number of anilines is 1. The predicted molar refractivity (Wildman–Crippen MR) is 83.5 cm³/mol. The molecule has 6 heteroatoms. The Morgan fingerprint density at radius 1 is 1.09 bits per heavy atom. The minimum absolute atomic E-state index is 0.262. The van der Waals surface area contributed by atoms with Crippen LogP contribution in [0.3, 0.4) is 0 Å². The molecule has 0 aliphatic carbocycles. The number of rotatable bonds is 5. The summed E-state index contributed by atoms with van der Waals surface area (Å²) in [5.74, 6) is -0.262. The molecule has 2 aromatic carbocycles. The van der Waals surface area contributed by atoms with Crippen LogP contribution >= 0.6 is 0 Å². The molecule has 0 saturated heterocycles. The van der Waals surface area contributed by atoms with Gasteiger partial charge in [-0.3, -0.25) is 4.79 Å². The Morgan fingerprint density at radius 2 is 1.83 bits per heavy atom. The fourth-order valence-corrected chi connectivity index (χ4v) is 2.22. The smallest absolute Gasteiger partial charge is 0.387 e. The average Bonchev–Trinajstić information content (AvgIpc) is 2.54. The number of para-hydroxylation sites is 1. The van der Waals surface area contributed by atoms with E-state index in [1.54, 1.807) is 31.3 Å². The molecule has 0 spiro atoms. The van der Waals surface area contributed by atoms with Gasteiger partial charge < -0.3 is 10.6 Å². The van der Waals surface area contributed by atoms with Crippen LogP contribution in [0.1, 0.15) is 21.5 Å². The van der Waals surface area contributed by atoms with Crippen molar-refractivity contribution in [1.82, 2.24) is 5.32 Å². The van der Waals surface area contributed by atoms with Crippen molar-refractivity contribution in [2.75, 3.05) is 18.9 Å². The zero-order chi connectivity index (χ0) is 16.9. The van der Waals surface area contributed by atoms with Gasteiger partial charge in [0.2, 0.25) is 0 Å². The van der Waals surface area contributed by atoms with E-state index in [4.69, 9.17) is 0 Å². The van der Waals surface area contributed by atoms with Crippen LogP contribution in [-0.4, -0.2) is 19.5 Å². The molecule has 3 nitrogen and oxygen atoms in total. The summed E-state index contributed by atoms with van der Waals surface area (Å²) in [6.07, 6.45) is -4.03. The monoisotopic (exact) mass is 322 g/mol. The topological polar surface area (TPSA) is 41.1 Å². The lowest BCUT2D eigenvalue weighted by Gasteiger charge is -2.11. The fourth-order valence-electron chi connectivity index (χ4n) is 2.22. The number of carbonyl (C=O) groups excluding carboxylic acids is 1. The average molecular weight is 322 g/mol. The van der Waals surface area contributed by atoms with Gasteiger partial charge in [-0.15, -0.1) is 0 Å². The zero-order valence-electron chi connectivity index (χ0n) is 12.6. The number of benzene rings is 2. The lowest BCUT2D eigenvalue weighted by atomic mass is 10.1. The van der Waals surface area contributed by atoms with E-state index in [1.807, 2.05) is 6.07 Å². The fraction of sp³-hybridized carbons (Fsp3) is 0.235. The first-order valence-electron chi connectivity index (χ1n) is 7.13. The summed E-state index contributed by atoms with van der Waals surface area (Å²) in [5, 5.41) is 5.64. The van der Waals surface area contributed by atoms with E-state index in [0.717, 1.165) is 12.1 Å². The maximum absolute atomic E-state index is 12.6. The molecule has 0 aliphatic rings. The van der Waals surface area contributed by atoms with Crippen molar-refractivity contribution in [3.63, 3.8) is 0 Å². The third-order valence-corrected chi connectivity index (χ3v) is 3.39. The number of carbonyl (C=O) groups is 1. The molecule has 2 N–H and O–H groups in total. The number of nitrogens with one attached hydrogen (secondary N) is 2. The van der Waals surface area contributed by atoms with Gasteiger partial charge in [-0.2, -0.15) is 13.2 Å². The van der Waals surface area contributed by atoms with Gasteiger partial charge in [0, 0.05) is 19.3 Å².